The number of hydrogen-bond acceptors (Lipinski definition) is 2. The summed E-state index contributed by atoms with van der Waals surface area (Å²) >= 11 is 4.74. The highest BCUT2D eigenvalue weighted by Crippen LogP contribution is 2.30. The van der Waals surface area contributed by atoms with Gasteiger partial charge in [-0.2, -0.15) is 13.2 Å². The molecule has 1 aromatic heterocycles. The number of aryl methyl sites for hydroxylation is 1. The third kappa shape index (κ3) is 2.37. The zero-order valence-corrected chi connectivity index (χ0v) is 10.2. The SMILES string of the molecule is Cn1nc(C(F)(F)F)n(-c2cc(F)ccc2F)c1=S. The Balaban J connectivity index is 2.82. The second-order valence-electron chi connectivity index (χ2n) is 3.66. The van der Waals surface area contributed by atoms with Crippen molar-refractivity contribution in [2.75, 3.05) is 0 Å². The van der Waals surface area contributed by atoms with E-state index in [4.69, 9.17) is 12.2 Å². The molecule has 0 N–H and O–H groups in total. The van der Waals surface area contributed by atoms with Crippen molar-refractivity contribution in [3.63, 3.8) is 0 Å². The van der Waals surface area contributed by atoms with Crippen molar-refractivity contribution in [3.8, 4) is 5.69 Å². The van der Waals surface area contributed by atoms with Crippen LogP contribution in [0.2, 0.25) is 0 Å². The molecule has 0 amide bonds. The third-order valence-corrected chi connectivity index (χ3v) is 2.77. The summed E-state index contributed by atoms with van der Waals surface area (Å²) in [5.74, 6) is -3.32. The molecule has 2 aromatic rings. The standard InChI is InChI=1S/C10H6F5N3S/c1-17-9(19)18(8(16-17)10(13,14)15)7-4-5(11)2-3-6(7)12/h2-4H,1H3. The minimum Gasteiger partial charge on any atom is -0.261 e. The molecule has 1 heterocycles. The summed E-state index contributed by atoms with van der Waals surface area (Å²) in [4.78, 5) is 0. The maximum atomic E-state index is 13.6. The first-order valence-corrected chi connectivity index (χ1v) is 5.31. The van der Waals surface area contributed by atoms with Crippen LogP contribution in [0.5, 0.6) is 0 Å². The molecule has 0 saturated carbocycles. The molecule has 0 saturated heterocycles. The lowest BCUT2D eigenvalue weighted by Crippen LogP contribution is -2.15. The van der Waals surface area contributed by atoms with Gasteiger partial charge >= 0.3 is 6.18 Å². The van der Waals surface area contributed by atoms with Crippen LogP contribution < -0.4 is 0 Å². The van der Waals surface area contributed by atoms with Crippen LogP contribution in [0.25, 0.3) is 5.69 Å². The lowest BCUT2D eigenvalue weighted by Gasteiger charge is -2.10. The second kappa shape index (κ2) is 4.41. The third-order valence-electron chi connectivity index (χ3n) is 2.33. The number of benzene rings is 1. The highest BCUT2D eigenvalue weighted by atomic mass is 32.1. The topological polar surface area (TPSA) is 22.8 Å². The van der Waals surface area contributed by atoms with E-state index in [-0.39, 0.29) is 0 Å². The van der Waals surface area contributed by atoms with Gasteiger partial charge in [-0.1, -0.05) is 0 Å². The molecular weight excluding hydrogens is 289 g/mol. The average Bonchev–Trinajstić information content (AvgIpc) is 2.59. The number of aromatic nitrogens is 3. The average molecular weight is 295 g/mol. The first-order chi connectivity index (χ1) is 8.71. The molecule has 0 fully saturated rings. The van der Waals surface area contributed by atoms with Gasteiger partial charge in [-0.15, -0.1) is 5.10 Å². The molecule has 19 heavy (non-hydrogen) atoms. The molecular formula is C10H6F5N3S. The lowest BCUT2D eigenvalue weighted by molar-refractivity contribution is -0.146. The van der Waals surface area contributed by atoms with Crippen LogP contribution in [-0.2, 0) is 13.2 Å². The van der Waals surface area contributed by atoms with Crippen LogP contribution in [0.15, 0.2) is 18.2 Å². The number of rotatable bonds is 1. The zero-order valence-electron chi connectivity index (χ0n) is 9.37. The molecule has 0 aliphatic heterocycles. The Hall–Kier alpha value is -1.77. The van der Waals surface area contributed by atoms with E-state index in [0.717, 1.165) is 16.8 Å². The zero-order chi connectivity index (χ0) is 14.4. The molecule has 2 rings (SSSR count). The molecule has 102 valence electrons. The fourth-order valence-electron chi connectivity index (χ4n) is 1.52. The van der Waals surface area contributed by atoms with Gasteiger partial charge in [0.05, 0.1) is 5.69 Å². The van der Waals surface area contributed by atoms with Crippen LogP contribution in [0.1, 0.15) is 5.82 Å². The van der Waals surface area contributed by atoms with Crippen molar-refractivity contribution >= 4 is 12.2 Å². The maximum absolute atomic E-state index is 13.6. The largest absolute Gasteiger partial charge is 0.452 e. The highest BCUT2D eigenvalue weighted by Gasteiger charge is 2.39. The van der Waals surface area contributed by atoms with Gasteiger partial charge in [0.15, 0.2) is 0 Å². The van der Waals surface area contributed by atoms with Crippen molar-refractivity contribution < 1.29 is 22.0 Å². The van der Waals surface area contributed by atoms with Crippen LogP contribution in [-0.4, -0.2) is 14.3 Å². The van der Waals surface area contributed by atoms with E-state index in [1.54, 1.807) is 0 Å². The van der Waals surface area contributed by atoms with Gasteiger partial charge in [-0.25, -0.2) is 13.5 Å². The molecule has 0 radical (unpaired) electrons. The number of halogens is 5. The van der Waals surface area contributed by atoms with E-state index in [1.807, 2.05) is 0 Å². The molecule has 0 aliphatic carbocycles. The Bertz CT molecular complexity index is 685. The first-order valence-electron chi connectivity index (χ1n) is 4.90. The molecule has 3 nitrogen and oxygen atoms in total. The Morgan fingerprint density at radius 3 is 2.42 bits per heavy atom. The Labute approximate surface area is 108 Å². The van der Waals surface area contributed by atoms with Crippen molar-refractivity contribution in [1.29, 1.82) is 0 Å². The molecule has 0 atom stereocenters. The van der Waals surface area contributed by atoms with Gasteiger partial charge in [-0.05, 0) is 24.4 Å². The molecule has 9 heteroatoms. The molecule has 0 unspecified atom stereocenters. The second-order valence-corrected chi connectivity index (χ2v) is 4.02. The van der Waals surface area contributed by atoms with Gasteiger partial charge in [0.25, 0.3) is 0 Å². The predicted octanol–water partition coefficient (Wildman–Crippen LogP) is 3.24. The number of alkyl halides is 3. The number of nitrogens with zero attached hydrogens (tertiary/aromatic N) is 3. The minimum absolute atomic E-state index is 0.355. The Kier molecular flexibility index (Phi) is 3.17. The van der Waals surface area contributed by atoms with E-state index in [2.05, 4.69) is 5.10 Å². The minimum atomic E-state index is -4.84. The Morgan fingerprint density at radius 2 is 1.84 bits per heavy atom. The summed E-state index contributed by atoms with van der Waals surface area (Å²) in [6.07, 6.45) is -4.84. The summed E-state index contributed by atoms with van der Waals surface area (Å²) in [6.45, 7) is 0. The summed E-state index contributed by atoms with van der Waals surface area (Å²) in [6, 6.07) is 2.15. The van der Waals surface area contributed by atoms with E-state index >= 15 is 0 Å². The van der Waals surface area contributed by atoms with Crippen molar-refractivity contribution in [1.82, 2.24) is 14.3 Å². The van der Waals surface area contributed by atoms with Crippen molar-refractivity contribution in [2.45, 2.75) is 6.18 Å². The maximum Gasteiger partial charge on any atom is 0.452 e. The van der Waals surface area contributed by atoms with Gasteiger partial charge < -0.3 is 0 Å². The highest BCUT2D eigenvalue weighted by molar-refractivity contribution is 7.71. The van der Waals surface area contributed by atoms with Gasteiger partial charge in [0, 0.05) is 13.1 Å². The van der Waals surface area contributed by atoms with Crippen molar-refractivity contribution in [2.24, 2.45) is 7.05 Å². The quantitative estimate of drug-likeness (QED) is 0.595. The van der Waals surface area contributed by atoms with Gasteiger partial charge in [0.2, 0.25) is 10.6 Å². The Morgan fingerprint density at radius 1 is 1.21 bits per heavy atom. The van der Waals surface area contributed by atoms with Crippen molar-refractivity contribution in [3.05, 3.63) is 40.4 Å². The molecule has 1 aromatic carbocycles. The molecule has 0 bridgehead atoms. The van der Waals surface area contributed by atoms with Crippen LogP contribution in [0.3, 0.4) is 0 Å². The van der Waals surface area contributed by atoms with E-state index in [9.17, 15) is 22.0 Å². The van der Waals surface area contributed by atoms with Crippen LogP contribution in [0.4, 0.5) is 22.0 Å². The van der Waals surface area contributed by atoms with Crippen LogP contribution in [0, 0.1) is 16.4 Å². The fourth-order valence-corrected chi connectivity index (χ4v) is 1.75. The summed E-state index contributed by atoms with van der Waals surface area (Å²) in [5.41, 5.74) is -0.634. The van der Waals surface area contributed by atoms with E-state index < -0.39 is 34.1 Å². The number of hydrogen-bond donors (Lipinski definition) is 0. The fraction of sp³-hybridized carbons (Fsp3) is 0.200. The van der Waals surface area contributed by atoms with E-state index in [0.29, 0.717) is 10.6 Å². The van der Waals surface area contributed by atoms with E-state index in [1.165, 1.54) is 7.05 Å². The molecule has 0 aliphatic rings. The predicted molar refractivity (Wildman–Crippen MR) is 58.3 cm³/mol. The lowest BCUT2D eigenvalue weighted by atomic mass is 10.3. The summed E-state index contributed by atoms with van der Waals surface area (Å²) < 4.78 is 65.8. The summed E-state index contributed by atoms with van der Waals surface area (Å²) in [5, 5.41) is 3.19. The first kappa shape index (κ1) is 13.7. The van der Waals surface area contributed by atoms with Crippen LogP contribution >= 0.6 is 12.2 Å². The smallest absolute Gasteiger partial charge is 0.261 e. The molecule has 0 spiro atoms. The monoisotopic (exact) mass is 295 g/mol. The normalized spacial score (nSPS) is 11.9. The summed E-state index contributed by atoms with van der Waals surface area (Å²) in [7, 11) is 1.19. The van der Waals surface area contributed by atoms with Gasteiger partial charge in [0.1, 0.15) is 11.6 Å². The van der Waals surface area contributed by atoms with Gasteiger partial charge in [-0.3, -0.25) is 4.57 Å².